The van der Waals surface area contributed by atoms with Gasteiger partial charge in [-0.2, -0.15) is 0 Å². The van der Waals surface area contributed by atoms with Crippen molar-refractivity contribution < 1.29 is 28.7 Å². The van der Waals surface area contributed by atoms with Crippen molar-refractivity contribution in [3.8, 4) is 0 Å². The number of nitrogens with zero attached hydrogens (tertiary/aromatic N) is 1. The normalized spacial score (nSPS) is 20.7. The first-order chi connectivity index (χ1) is 16.0. The van der Waals surface area contributed by atoms with Crippen molar-refractivity contribution in [1.82, 2.24) is 15.5 Å². The number of benzene rings is 1. The molecule has 2 aliphatic rings. The van der Waals surface area contributed by atoms with E-state index in [0.717, 1.165) is 19.4 Å². The lowest BCUT2D eigenvalue weighted by Gasteiger charge is -2.33. The first kappa shape index (κ1) is 24.7. The van der Waals surface area contributed by atoms with E-state index in [9.17, 15) is 19.2 Å². The molecule has 0 radical (unpaired) electrons. The van der Waals surface area contributed by atoms with Gasteiger partial charge in [-0.05, 0) is 37.5 Å². The molecule has 1 aromatic carbocycles. The van der Waals surface area contributed by atoms with Crippen LogP contribution in [0.3, 0.4) is 0 Å². The van der Waals surface area contributed by atoms with E-state index in [1.165, 1.54) is 0 Å². The summed E-state index contributed by atoms with van der Waals surface area (Å²) in [5.74, 6) is -1.34. The van der Waals surface area contributed by atoms with Crippen LogP contribution in [0.25, 0.3) is 0 Å². The second kappa shape index (κ2) is 12.3. The highest BCUT2D eigenvalue weighted by Gasteiger charge is 2.33. The Bertz CT molecular complexity index is 855. The number of carbonyl (C=O) groups excluding carboxylic acids is 4. The molecule has 0 bridgehead atoms. The molecule has 0 spiro atoms. The van der Waals surface area contributed by atoms with E-state index in [1.807, 2.05) is 6.92 Å². The minimum Gasteiger partial charge on any atom is -0.466 e. The summed E-state index contributed by atoms with van der Waals surface area (Å²) in [6.07, 6.45) is 2.56. The number of nitrogens with one attached hydrogen (secondary N) is 3. The number of hydrogen-bond donors (Lipinski definition) is 3. The Kier molecular flexibility index (Phi) is 9.20. The number of piperazine rings is 1. The molecule has 10 nitrogen and oxygen atoms in total. The van der Waals surface area contributed by atoms with Crippen molar-refractivity contribution in [1.29, 1.82) is 0 Å². The molecule has 1 aromatic rings. The molecule has 3 amide bonds. The van der Waals surface area contributed by atoms with Gasteiger partial charge in [-0.1, -0.05) is 13.0 Å². The number of carbonyl (C=O) groups is 4. The van der Waals surface area contributed by atoms with Gasteiger partial charge in [0.15, 0.2) is 0 Å². The average molecular weight is 461 g/mol. The maximum absolute atomic E-state index is 12.7. The van der Waals surface area contributed by atoms with Gasteiger partial charge in [0.25, 0.3) is 5.91 Å². The van der Waals surface area contributed by atoms with Crippen LogP contribution in [0.2, 0.25) is 0 Å². The summed E-state index contributed by atoms with van der Waals surface area (Å²) in [5, 5.41) is 8.35. The monoisotopic (exact) mass is 460 g/mol. The molecule has 2 aliphatic heterocycles. The molecule has 2 saturated heterocycles. The highest BCUT2D eigenvalue weighted by atomic mass is 16.5. The zero-order chi connectivity index (χ0) is 23.6. The van der Waals surface area contributed by atoms with Crippen LogP contribution in [-0.2, 0) is 23.9 Å². The minimum absolute atomic E-state index is 0.0470. The summed E-state index contributed by atoms with van der Waals surface area (Å²) < 4.78 is 10.6. The van der Waals surface area contributed by atoms with Crippen molar-refractivity contribution >= 4 is 29.4 Å². The van der Waals surface area contributed by atoms with Gasteiger partial charge >= 0.3 is 5.97 Å². The molecule has 2 atom stereocenters. The molecule has 3 rings (SSSR count). The van der Waals surface area contributed by atoms with Crippen LogP contribution in [-0.4, -0.2) is 80.1 Å². The van der Waals surface area contributed by atoms with Crippen LogP contribution in [0.15, 0.2) is 24.3 Å². The molecule has 10 heteroatoms. The van der Waals surface area contributed by atoms with Gasteiger partial charge in [0.2, 0.25) is 11.8 Å². The molecule has 2 fully saturated rings. The maximum atomic E-state index is 12.7. The molecule has 3 N–H and O–H groups in total. The third-order valence-corrected chi connectivity index (χ3v) is 5.54. The van der Waals surface area contributed by atoms with Gasteiger partial charge in [-0.15, -0.1) is 0 Å². The Labute approximate surface area is 193 Å². The summed E-state index contributed by atoms with van der Waals surface area (Å²) >= 11 is 0. The van der Waals surface area contributed by atoms with Gasteiger partial charge in [-0.3, -0.25) is 24.1 Å². The van der Waals surface area contributed by atoms with Crippen molar-refractivity contribution in [2.24, 2.45) is 0 Å². The number of hydrogen-bond acceptors (Lipinski definition) is 7. The van der Waals surface area contributed by atoms with Gasteiger partial charge in [-0.25, -0.2) is 0 Å². The first-order valence-electron chi connectivity index (χ1n) is 11.4. The predicted octanol–water partition coefficient (Wildman–Crippen LogP) is 0.678. The Morgan fingerprint density at radius 1 is 1.30 bits per heavy atom. The Balaban J connectivity index is 1.54. The minimum atomic E-state index is -0.760. The van der Waals surface area contributed by atoms with Crippen LogP contribution in [0.1, 0.15) is 43.0 Å². The largest absolute Gasteiger partial charge is 0.466 e. The summed E-state index contributed by atoms with van der Waals surface area (Å²) in [6, 6.07) is 5.90. The molecular formula is C23H32N4O6. The lowest BCUT2D eigenvalue weighted by Crippen LogP contribution is -2.57. The van der Waals surface area contributed by atoms with Gasteiger partial charge in [0, 0.05) is 37.5 Å². The standard InChI is InChI=1S/C23H32N4O6/c1-2-10-33-21(29)13-19-23(31)24-8-9-27(19)15-20(28)26-17-6-3-5-16(12-17)22(30)25-14-18-7-4-11-32-18/h3,5-6,12,18-19H,2,4,7-11,13-15H2,1H3,(H,24,31)(H,25,30)(H,26,28). The number of anilines is 1. The molecule has 2 heterocycles. The third-order valence-electron chi connectivity index (χ3n) is 5.54. The summed E-state index contributed by atoms with van der Waals surface area (Å²) in [6.45, 7) is 4.14. The lowest BCUT2D eigenvalue weighted by molar-refractivity contribution is -0.148. The second-order valence-electron chi connectivity index (χ2n) is 8.18. The van der Waals surface area contributed by atoms with Crippen molar-refractivity contribution in [2.45, 2.75) is 44.8 Å². The molecule has 0 saturated carbocycles. The fourth-order valence-corrected chi connectivity index (χ4v) is 3.84. The van der Waals surface area contributed by atoms with Crippen LogP contribution in [0.4, 0.5) is 5.69 Å². The topological polar surface area (TPSA) is 126 Å². The van der Waals surface area contributed by atoms with E-state index in [0.29, 0.717) is 43.9 Å². The Morgan fingerprint density at radius 2 is 2.15 bits per heavy atom. The number of ether oxygens (including phenoxy) is 2. The highest BCUT2D eigenvalue weighted by molar-refractivity contribution is 5.98. The quantitative estimate of drug-likeness (QED) is 0.438. The number of amides is 3. The van der Waals surface area contributed by atoms with E-state index in [2.05, 4.69) is 16.0 Å². The smallest absolute Gasteiger partial charge is 0.307 e. The maximum Gasteiger partial charge on any atom is 0.307 e. The Morgan fingerprint density at radius 3 is 2.91 bits per heavy atom. The van der Waals surface area contributed by atoms with Gasteiger partial charge < -0.3 is 25.4 Å². The summed E-state index contributed by atoms with van der Waals surface area (Å²) in [4.78, 5) is 51.0. The lowest BCUT2D eigenvalue weighted by atomic mass is 10.1. The Hall–Kier alpha value is -2.98. The molecule has 0 aliphatic carbocycles. The number of rotatable bonds is 10. The van der Waals surface area contributed by atoms with E-state index in [4.69, 9.17) is 9.47 Å². The van der Waals surface area contributed by atoms with Crippen molar-refractivity contribution in [3.05, 3.63) is 29.8 Å². The molecular weight excluding hydrogens is 428 g/mol. The van der Waals surface area contributed by atoms with E-state index in [1.54, 1.807) is 29.2 Å². The molecule has 33 heavy (non-hydrogen) atoms. The van der Waals surface area contributed by atoms with Crippen molar-refractivity contribution in [2.75, 3.05) is 44.7 Å². The first-order valence-corrected chi connectivity index (χ1v) is 11.4. The second-order valence-corrected chi connectivity index (χ2v) is 8.18. The third kappa shape index (κ3) is 7.54. The summed E-state index contributed by atoms with van der Waals surface area (Å²) in [7, 11) is 0. The highest BCUT2D eigenvalue weighted by Crippen LogP contribution is 2.14. The van der Waals surface area contributed by atoms with E-state index < -0.39 is 12.0 Å². The van der Waals surface area contributed by atoms with Crippen LogP contribution in [0, 0.1) is 0 Å². The zero-order valence-electron chi connectivity index (χ0n) is 18.9. The summed E-state index contributed by atoms with van der Waals surface area (Å²) in [5.41, 5.74) is 0.907. The molecule has 2 unspecified atom stereocenters. The van der Waals surface area contributed by atoms with Crippen LogP contribution in [0.5, 0.6) is 0 Å². The van der Waals surface area contributed by atoms with Gasteiger partial charge in [0.05, 0.1) is 25.7 Å². The van der Waals surface area contributed by atoms with Gasteiger partial charge in [0.1, 0.15) is 6.04 Å². The van der Waals surface area contributed by atoms with E-state index in [-0.39, 0.29) is 36.8 Å². The predicted molar refractivity (Wildman–Crippen MR) is 121 cm³/mol. The molecule has 180 valence electrons. The zero-order valence-corrected chi connectivity index (χ0v) is 18.9. The van der Waals surface area contributed by atoms with Crippen LogP contribution < -0.4 is 16.0 Å². The van der Waals surface area contributed by atoms with E-state index >= 15 is 0 Å². The molecule has 0 aromatic heterocycles. The SMILES string of the molecule is CCCOC(=O)CC1C(=O)NCCN1CC(=O)Nc1cccc(C(=O)NCC2CCCO2)c1. The fraction of sp³-hybridized carbons (Fsp3) is 0.565. The average Bonchev–Trinajstić information content (AvgIpc) is 3.32. The number of esters is 1. The van der Waals surface area contributed by atoms with Crippen LogP contribution >= 0.6 is 0 Å². The van der Waals surface area contributed by atoms with Crippen molar-refractivity contribution in [3.63, 3.8) is 0 Å². The fourth-order valence-electron chi connectivity index (χ4n) is 3.84.